The van der Waals surface area contributed by atoms with E-state index in [1.54, 1.807) is 0 Å². The van der Waals surface area contributed by atoms with Gasteiger partial charge >= 0.3 is 0 Å². The molecule has 2 aromatic rings. The lowest BCUT2D eigenvalue weighted by molar-refractivity contribution is 0.112. The van der Waals surface area contributed by atoms with Crippen LogP contribution in [0.15, 0.2) is 48.5 Å². The van der Waals surface area contributed by atoms with Crippen LogP contribution in [0.5, 0.6) is 0 Å². The fraction of sp³-hybridized carbons (Fsp3) is 0.350. The Morgan fingerprint density at radius 2 is 2.00 bits per heavy atom. The van der Waals surface area contributed by atoms with Gasteiger partial charge in [0.15, 0.2) is 0 Å². The Morgan fingerprint density at radius 1 is 1.18 bits per heavy atom. The van der Waals surface area contributed by atoms with Gasteiger partial charge in [-0.1, -0.05) is 42.5 Å². The van der Waals surface area contributed by atoms with Crippen LogP contribution in [0.1, 0.15) is 35.7 Å². The minimum atomic E-state index is 0.689. The predicted octanol–water partition coefficient (Wildman–Crippen LogP) is 4.19. The molecular weight excluding hydrogens is 270 g/mol. The molecule has 2 nitrogen and oxygen atoms in total. The first-order valence-corrected chi connectivity index (χ1v) is 8.15. The summed E-state index contributed by atoms with van der Waals surface area (Å²) in [5, 5.41) is 0. The molecule has 1 heterocycles. The van der Waals surface area contributed by atoms with Gasteiger partial charge in [-0.15, -0.1) is 0 Å². The topological polar surface area (TPSA) is 20.3 Å². The molecule has 1 atom stereocenters. The van der Waals surface area contributed by atoms with Crippen LogP contribution in [-0.2, 0) is 6.42 Å². The minimum absolute atomic E-state index is 0.689. The molecule has 3 rings (SSSR count). The van der Waals surface area contributed by atoms with Gasteiger partial charge in [-0.25, -0.2) is 0 Å². The molecule has 2 heteroatoms. The molecular formula is C20H23NO. The molecule has 0 N–H and O–H groups in total. The van der Waals surface area contributed by atoms with Gasteiger partial charge < -0.3 is 4.90 Å². The summed E-state index contributed by atoms with van der Waals surface area (Å²) in [7, 11) is 0. The molecule has 0 saturated carbocycles. The zero-order valence-corrected chi connectivity index (χ0v) is 13.2. The van der Waals surface area contributed by atoms with E-state index in [1.165, 1.54) is 36.1 Å². The lowest BCUT2D eigenvalue weighted by Gasteiger charge is -2.21. The molecule has 1 aliphatic rings. The number of rotatable bonds is 5. The van der Waals surface area contributed by atoms with Crippen molar-refractivity contribution >= 4 is 6.29 Å². The summed E-state index contributed by atoms with van der Waals surface area (Å²) >= 11 is 0. The Bertz CT molecular complexity index is 635. The molecule has 0 amide bonds. The summed E-state index contributed by atoms with van der Waals surface area (Å²) in [6.07, 6.45) is 4.55. The monoisotopic (exact) mass is 293 g/mol. The molecule has 22 heavy (non-hydrogen) atoms. The summed E-state index contributed by atoms with van der Waals surface area (Å²) in [5.41, 5.74) is 4.52. The van der Waals surface area contributed by atoms with Gasteiger partial charge in [0.2, 0.25) is 0 Å². The third kappa shape index (κ3) is 3.28. The van der Waals surface area contributed by atoms with E-state index in [2.05, 4.69) is 48.2 Å². The van der Waals surface area contributed by atoms with Crippen LogP contribution in [0.4, 0.5) is 0 Å². The smallest absolute Gasteiger partial charge is 0.150 e. The Balaban J connectivity index is 1.85. The van der Waals surface area contributed by atoms with Crippen molar-refractivity contribution in [3.63, 3.8) is 0 Å². The third-order valence-electron chi connectivity index (χ3n) is 4.71. The Hall–Kier alpha value is -1.93. The molecule has 114 valence electrons. The van der Waals surface area contributed by atoms with Crippen molar-refractivity contribution < 1.29 is 4.79 Å². The van der Waals surface area contributed by atoms with E-state index < -0.39 is 0 Å². The molecule has 0 radical (unpaired) electrons. The maximum absolute atomic E-state index is 11.1. The van der Waals surface area contributed by atoms with Crippen LogP contribution in [0.3, 0.4) is 0 Å². The second-order valence-electron chi connectivity index (χ2n) is 6.18. The van der Waals surface area contributed by atoms with Gasteiger partial charge in [0.1, 0.15) is 6.29 Å². The van der Waals surface area contributed by atoms with Crippen molar-refractivity contribution in [1.82, 2.24) is 4.90 Å². The average molecular weight is 293 g/mol. The van der Waals surface area contributed by atoms with Gasteiger partial charge in [-0.3, -0.25) is 4.79 Å². The van der Waals surface area contributed by atoms with Gasteiger partial charge in [0.05, 0.1) is 0 Å². The first kappa shape index (κ1) is 15.0. The van der Waals surface area contributed by atoms with Gasteiger partial charge in [0.25, 0.3) is 0 Å². The number of carbonyl (C=O) groups is 1. The lowest BCUT2D eigenvalue weighted by atomic mass is 9.95. The normalized spacial score (nSPS) is 18.5. The van der Waals surface area contributed by atoms with Crippen molar-refractivity contribution in [2.24, 2.45) is 0 Å². The van der Waals surface area contributed by atoms with E-state index in [4.69, 9.17) is 0 Å². The zero-order chi connectivity index (χ0) is 15.4. The predicted molar refractivity (Wildman–Crippen MR) is 91.2 cm³/mol. The van der Waals surface area contributed by atoms with Crippen molar-refractivity contribution in [3.8, 4) is 11.1 Å². The van der Waals surface area contributed by atoms with Gasteiger partial charge in [0, 0.05) is 18.2 Å². The fourth-order valence-corrected chi connectivity index (χ4v) is 3.38. The SMILES string of the molecule is CC1CCCN1CCc1cc(C=O)ccc1-c1ccccc1. The largest absolute Gasteiger partial charge is 0.300 e. The van der Waals surface area contributed by atoms with Crippen molar-refractivity contribution in [1.29, 1.82) is 0 Å². The zero-order valence-electron chi connectivity index (χ0n) is 13.2. The number of carbonyl (C=O) groups excluding carboxylic acids is 1. The maximum atomic E-state index is 11.1. The van der Waals surface area contributed by atoms with E-state index in [1.807, 2.05) is 12.1 Å². The number of nitrogens with zero attached hydrogens (tertiary/aromatic N) is 1. The quantitative estimate of drug-likeness (QED) is 0.770. The number of hydrogen-bond acceptors (Lipinski definition) is 2. The number of aldehydes is 1. The molecule has 1 saturated heterocycles. The highest BCUT2D eigenvalue weighted by Crippen LogP contribution is 2.26. The summed E-state index contributed by atoms with van der Waals surface area (Å²) in [6, 6.07) is 17.2. The summed E-state index contributed by atoms with van der Waals surface area (Å²) in [4.78, 5) is 13.7. The molecule has 0 bridgehead atoms. The fourth-order valence-electron chi connectivity index (χ4n) is 3.38. The van der Waals surface area contributed by atoms with Crippen LogP contribution < -0.4 is 0 Å². The van der Waals surface area contributed by atoms with E-state index in [0.717, 1.165) is 24.8 Å². The van der Waals surface area contributed by atoms with Crippen molar-refractivity contribution in [2.45, 2.75) is 32.2 Å². The van der Waals surface area contributed by atoms with E-state index in [-0.39, 0.29) is 0 Å². The van der Waals surface area contributed by atoms with Crippen LogP contribution in [0.25, 0.3) is 11.1 Å². The van der Waals surface area contributed by atoms with Crippen LogP contribution >= 0.6 is 0 Å². The molecule has 0 aliphatic carbocycles. The molecule has 1 fully saturated rings. The van der Waals surface area contributed by atoms with Crippen molar-refractivity contribution in [3.05, 3.63) is 59.7 Å². The second-order valence-corrected chi connectivity index (χ2v) is 6.18. The molecule has 0 spiro atoms. The standard InChI is InChI=1S/C20H23NO/c1-16-6-5-12-21(16)13-11-19-14-17(15-22)9-10-20(19)18-7-3-2-4-8-18/h2-4,7-10,14-16H,5-6,11-13H2,1H3. The van der Waals surface area contributed by atoms with E-state index >= 15 is 0 Å². The summed E-state index contributed by atoms with van der Waals surface area (Å²) in [5.74, 6) is 0. The summed E-state index contributed by atoms with van der Waals surface area (Å²) in [6.45, 7) is 4.59. The van der Waals surface area contributed by atoms with Crippen molar-refractivity contribution in [2.75, 3.05) is 13.1 Å². The lowest BCUT2D eigenvalue weighted by Crippen LogP contribution is -2.29. The van der Waals surface area contributed by atoms with E-state index in [0.29, 0.717) is 6.04 Å². The number of likely N-dealkylation sites (tertiary alicyclic amines) is 1. The maximum Gasteiger partial charge on any atom is 0.150 e. The first-order valence-electron chi connectivity index (χ1n) is 8.15. The first-order chi connectivity index (χ1) is 10.8. The van der Waals surface area contributed by atoms with Crippen LogP contribution in [0, 0.1) is 0 Å². The molecule has 1 unspecified atom stereocenters. The Morgan fingerprint density at radius 3 is 2.68 bits per heavy atom. The third-order valence-corrected chi connectivity index (χ3v) is 4.71. The van der Waals surface area contributed by atoms with Crippen LogP contribution in [0.2, 0.25) is 0 Å². The molecule has 0 aromatic heterocycles. The molecule has 2 aromatic carbocycles. The number of benzene rings is 2. The minimum Gasteiger partial charge on any atom is -0.300 e. The van der Waals surface area contributed by atoms with E-state index in [9.17, 15) is 4.79 Å². The highest BCUT2D eigenvalue weighted by molar-refractivity contribution is 5.78. The van der Waals surface area contributed by atoms with Crippen LogP contribution in [-0.4, -0.2) is 30.3 Å². The molecule has 1 aliphatic heterocycles. The summed E-state index contributed by atoms with van der Waals surface area (Å²) < 4.78 is 0. The Kier molecular flexibility index (Phi) is 4.69. The van der Waals surface area contributed by atoms with Gasteiger partial charge in [-0.2, -0.15) is 0 Å². The van der Waals surface area contributed by atoms with Gasteiger partial charge in [-0.05, 0) is 55.5 Å². The highest BCUT2D eigenvalue weighted by Gasteiger charge is 2.20. The number of hydrogen-bond donors (Lipinski definition) is 0. The second kappa shape index (κ2) is 6.89. The Labute approximate surface area is 132 Å². The highest BCUT2D eigenvalue weighted by atomic mass is 16.1. The average Bonchev–Trinajstić information content (AvgIpc) is 2.98.